The Morgan fingerprint density at radius 1 is 0.909 bits per heavy atom. The molecule has 3 rings (SSSR count). The molecule has 0 aliphatic rings. The van der Waals surface area contributed by atoms with Crippen LogP contribution in [0, 0.1) is 0 Å². The van der Waals surface area contributed by atoms with Gasteiger partial charge in [0.1, 0.15) is 5.69 Å². The number of carbonyl (C=O) groups excluding carboxylic acids is 2. The van der Waals surface area contributed by atoms with Crippen LogP contribution in [0.5, 0.6) is 0 Å². The van der Waals surface area contributed by atoms with Crippen LogP contribution < -0.4 is 10.9 Å². The van der Waals surface area contributed by atoms with Crippen molar-refractivity contribution in [3.05, 3.63) is 70.9 Å². The number of para-hydroxylation sites is 1. The lowest BCUT2D eigenvalue weighted by molar-refractivity contribution is 0.0844. The van der Waals surface area contributed by atoms with Crippen LogP contribution in [0.1, 0.15) is 20.8 Å². The smallest absolute Gasteiger partial charge is 0.286 e. The van der Waals surface area contributed by atoms with Gasteiger partial charge >= 0.3 is 0 Å². The number of H-pyrrole nitrogens is 1. The molecule has 110 valence electrons. The van der Waals surface area contributed by atoms with Gasteiger partial charge in [0.25, 0.3) is 11.8 Å². The van der Waals surface area contributed by atoms with Gasteiger partial charge in [0.05, 0.1) is 0 Å². The van der Waals surface area contributed by atoms with Crippen molar-refractivity contribution in [1.82, 2.24) is 15.8 Å². The zero-order valence-corrected chi connectivity index (χ0v) is 12.1. The van der Waals surface area contributed by atoms with Crippen molar-refractivity contribution in [2.75, 3.05) is 0 Å². The van der Waals surface area contributed by atoms with Gasteiger partial charge in [-0.15, -0.1) is 0 Å². The summed E-state index contributed by atoms with van der Waals surface area (Å²) >= 11 is 5.82. The van der Waals surface area contributed by atoms with E-state index in [9.17, 15) is 9.59 Å². The fourth-order valence-electron chi connectivity index (χ4n) is 2.08. The van der Waals surface area contributed by atoms with E-state index in [-0.39, 0.29) is 0 Å². The van der Waals surface area contributed by atoms with Gasteiger partial charge in [-0.1, -0.05) is 35.9 Å². The average Bonchev–Trinajstić information content (AvgIpc) is 2.96. The van der Waals surface area contributed by atoms with Crippen molar-refractivity contribution >= 4 is 34.3 Å². The van der Waals surface area contributed by atoms with Gasteiger partial charge in [0, 0.05) is 21.5 Å². The Balaban J connectivity index is 1.68. The van der Waals surface area contributed by atoms with E-state index in [0.717, 1.165) is 10.9 Å². The summed E-state index contributed by atoms with van der Waals surface area (Å²) in [6.45, 7) is 0. The first-order valence-electron chi connectivity index (χ1n) is 6.57. The van der Waals surface area contributed by atoms with Gasteiger partial charge in [-0.3, -0.25) is 20.4 Å². The molecule has 2 amide bonds. The molecule has 1 aromatic heterocycles. The first kappa shape index (κ1) is 14.2. The van der Waals surface area contributed by atoms with Crippen LogP contribution in [-0.2, 0) is 0 Å². The Labute approximate surface area is 131 Å². The Kier molecular flexibility index (Phi) is 3.80. The van der Waals surface area contributed by atoms with Crippen molar-refractivity contribution in [2.45, 2.75) is 0 Å². The summed E-state index contributed by atoms with van der Waals surface area (Å²) in [5, 5.41) is 1.38. The maximum Gasteiger partial charge on any atom is 0.286 e. The van der Waals surface area contributed by atoms with E-state index in [0.29, 0.717) is 16.3 Å². The molecule has 3 aromatic rings. The van der Waals surface area contributed by atoms with E-state index in [1.54, 1.807) is 24.3 Å². The molecular weight excluding hydrogens is 302 g/mol. The normalized spacial score (nSPS) is 10.4. The number of rotatable bonds is 2. The SMILES string of the molecule is O=C(NNC(=O)c1cc2ccccc2[nH]1)c1cccc(Cl)c1. The number of carbonyl (C=O) groups is 2. The van der Waals surface area contributed by atoms with Crippen LogP contribution >= 0.6 is 11.6 Å². The lowest BCUT2D eigenvalue weighted by Crippen LogP contribution is -2.41. The summed E-state index contributed by atoms with van der Waals surface area (Å²) in [6.07, 6.45) is 0. The number of fused-ring (bicyclic) bond motifs is 1. The summed E-state index contributed by atoms with van der Waals surface area (Å²) in [4.78, 5) is 26.9. The van der Waals surface area contributed by atoms with Crippen molar-refractivity contribution < 1.29 is 9.59 Å². The monoisotopic (exact) mass is 313 g/mol. The van der Waals surface area contributed by atoms with E-state index in [4.69, 9.17) is 11.6 Å². The Morgan fingerprint density at radius 2 is 1.68 bits per heavy atom. The number of nitrogens with one attached hydrogen (secondary N) is 3. The third-order valence-electron chi connectivity index (χ3n) is 3.15. The molecule has 0 fully saturated rings. The summed E-state index contributed by atoms with van der Waals surface area (Å²) in [7, 11) is 0. The minimum Gasteiger partial charge on any atom is -0.350 e. The van der Waals surface area contributed by atoms with Gasteiger partial charge in [0.15, 0.2) is 0 Å². The molecule has 22 heavy (non-hydrogen) atoms. The van der Waals surface area contributed by atoms with Crippen molar-refractivity contribution in [2.24, 2.45) is 0 Å². The fraction of sp³-hybridized carbons (Fsp3) is 0. The van der Waals surface area contributed by atoms with Gasteiger partial charge in [-0.05, 0) is 30.3 Å². The van der Waals surface area contributed by atoms with Crippen molar-refractivity contribution in [1.29, 1.82) is 0 Å². The highest BCUT2D eigenvalue weighted by atomic mass is 35.5. The molecule has 0 saturated heterocycles. The molecule has 2 aromatic carbocycles. The van der Waals surface area contributed by atoms with E-state index >= 15 is 0 Å². The summed E-state index contributed by atoms with van der Waals surface area (Å²) in [5.41, 5.74) is 6.31. The molecule has 0 bridgehead atoms. The number of aromatic nitrogens is 1. The summed E-state index contributed by atoms with van der Waals surface area (Å²) in [6, 6.07) is 15.7. The molecule has 0 saturated carbocycles. The zero-order valence-electron chi connectivity index (χ0n) is 11.4. The minimum absolute atomic E-state index is 0.365. The number of aromatic amines is 1. The number of hydrazine groups is 1. The van der Waals surface area contributed by atoms with Gasteiger partial charge < -0.3 is 4.98 Å². The topological polar surface area (TPSA) is 74.0 Å². The standard InChI is InChI=1S/C16H12ClN3O2/c17-12-6-3-5-11(8-12)15(21)19-20-16(22)14-9-10-4-1-2-7-13(10)18-14/h1-9,18H,(H,19,21)(H,20,22). The van der Waals surface area contributed by atoms with E-state index in [2.05, 4.69) is 15.8 Å². The number of hydrogen-bond donors (Lipinski definition) is 3. The minimum atomic E-state index is -0.438. The largest absolute Gasteiger partial charge is 0.350 e. The fourth-order valence-corrected chi connectivity index (χ4v) is 2.27. The highest BCUT2D eigenvalue weighted by molar-refractivity contribution is 6.30. The molecule has 3 N–H and O–H groups in total. The number of benzene rings is 2. The van der Waals surface area contributed by atoms with E-state index in [1.165, 1.54) is 6.07 Å². The Bertz CT molecular complexity index is 824. The van der Waals surface area contributed by atoms with Crippen LogP contribution in [0.3, 0.4) is 0 Å². The number of halogens is 1. The lowest BCUT2D eigenvalue weighted by Gasteiger charge is -2.06. The third-order valence-corrected chi connectivity index (χ3v) is 3.39. The molecule has 6 heteroatoms. The van der Waals surface area contributed by atoms with Crippen LogP contribution in [0.15, 0.2) is 54.6 Å². The van der Waals surface area contributed by atoms with Crippen LogP contribution in [-0.4, -0.2) is 16.8 Å². The predicted octanol–water partition coefficient (Wildman–Crippen LogP) is 2.90. The molecule has 0 aliphatic heterocycles. The van der Waals surface area contributed by atoms with Gasteiger partial charge in [-0.25, -0.2) is 0 Å². The molecular formula is C16H12ClN3O2. The average molecular weight is 314 g/mol. The summed E-state index contributed by atoms with van der Waals surface area (Å²) < 4.78 is 0. The lowest BCUT2D eigenvalue weighted by atomic mass is 10.2. The van der Waals surface area contributed by atoms with Crippen LogP contribution in [0.4, 0.5) is 0 Å². The van der Waals surface area contributed by atoms with Crippen molar-refractivity contribution in [3.8, 4) is 0 Å². The molecule has 0 atom stereocenters. The summed E-state index contributed by atoms with van der Waals surface area (Å²) in [5.74, 6) is -0.862. The van der Waals surface area contributed by atoms with E-state index in [1.807, 2.05) is 24.3 Å². The molecule has 0 spiro atoms. The maximum absolute atomic E-state index is 12.0. The quantitative estimate of drug-likeness (QED) is 0.636. The Morgan fingerprint density at radius 3 is 2.45 bits per heavy atom. The maximum atomic E-state index is 12.0. The molecule has 5 nitrogen and oxygen atoms in total. The molecule has 0 unspecified atom stereocenters. The zero-order chi connectivity index (χ0) is 15.5. The third kappa shape index (κ3) is 2.94. The number of amides is 2. The van der Waals surface area contributed by atoms with E-state index < -0.39 is 11.8 Å². The van der Waals surface area contributed by atoms with Crippen molar-refractivity contribution in [3.63, 3.8) is 0 Å². The number of hydrogen-bond acceptors (Lipinski definition) is 2. The molecule has 0 radical (unpaired) electrons. The molecule has 1 heterocycles. The first-order chi connectivity index (χ1) is 10.6. The second kappa shape index (κ2) is 5.91. The highest BCUT2D eigenvalue weighted by Gasteiger charge is 2.11. The van der Waals surface area contributed by atoms with Crippen LogP contribution in [0.25, 0.3) is 10.9 Å². The second-order valence-corrected chi connectivity index (χ2v) is 5.13. The van der Waals surface area contributed by atoms with Gasteiger partial charge in [-0.2, -0.15) is 0 Å². The second-order valence-electron chi connectivity index (χ2n) is 4.69. The predicted molar refractivity (Wildman–Crippen MR) is 84.7 cm³/mol. The van der Waals surface area contributed by atoms with Gasteiger partial charge in [0.2, 0.25) is 0 Å². The Hall–Kier alpha value is -2.79. The highest BCUT2D eigenvalue weighted by Crippen LogP contribution is 2.14. The van der Waals surface area contributed by atoms with Crippen LogP contribution in [0.2, 0.25) is 5.02 Å². The first-order valence-corrected chi connectivity index (χ1v) is 6.95. The molecule has 0 aliphatic carbocycles.